The number of carbonyl (C=O) groups is 1. The molecule has 0 fully saturated rings. The van der Waals surface area contributed by atoms with Crippen molar-refractivity contribution in [3.05, 3.63) is 41.0 Å². The van der Waals surface area contributed by atoms with Gasteiger partial charge < -0.3 is 4.74 Å². The molecule has 0 saturated carbocycles. The van der Waals surface area contributed by atoms with Crippen molar-refractivity contribution in [3.63, 3.8) is 0 Å². The maximum absolute atomic E-state index is 12.6. The van der Waals surface area contributed by atoms with Crippen LogP contribution in [0.4, 0.5) is 0 Å². The lowest BCUT2D eigenvalue weighted by Crippen LogP contribution is -2.05. The van der Waals surface area contributed by atoms with Crippen LogP contribution in [-0.2, 0) is 6.42 Å². The van der Waals surface area contributed by atoms with Gasteiger partial charge in [0, 0.05) is 6.42 Å². The molecule has 0 amide bonds. The maximum Gasteiger partial charge on any atom is 0.192 e. The minimum atomic E-state index is 0.177. The Hall–Kier alpha value is -1.57. The smallest absolute Gasteiger partial charge is 0.192 e. The monoisotopic (exact) mass is 242 g/mol. The zero-order chi connectivity index (χ0) is 12.4. The van der Waals surface area contributed by atoms with E-state index in [9.17, 15) is 4.79 Å². The molecule has 0 spiro atoms. The van der Waals surface area contributed by atoms with E-state index in [2.05, 4.69) is 12.1 Å². The zero-order valence-corrected chi connectivity index (χ0v) is 10.6. The van der Waals surface area contributed by atoms with Gasteiger partial charge in [-0.2, -0.15) is 0 Å². The largest absolute Gasteiger partial charge is 0.492 e. The second-order valence-electron chi connectivity index (χ2n) is 5.05. The molecule has 1 aromatic carbocycles. The van der Waals surface area contributed by atoms with E-state index >= 15 is 0 Å². The molecule has 0 aromatic heterocycles. The van der Waals surface area contributed by atoms with Gasteiger partial charge in [0.1, 0.15) is 5.75 Å². The molecule has 0 atom stereocenters. The lowest BCUT2D eigenvalue weighted by Gasteiger charge is -2.09. The van der Waals surface area contributed by atoms with Crippen LogP contribution in [0.25, 0.3) is 0 Å². The molecule has 1 aliphatic carbocycles. The van der Waals surface area contributed by atoms with Crippen molar-refractivity contribution in [2.75, 3.05) is 6.61 Å². The normalized spacial score (nSPS) is 18.6. The summed E-state index contributed by atoms with van der Waals surface area (Å²) in [5.74, 6) is 1.00. The van der Waals surface area contributed by atoms with E-state index in [0.717, 1.165) is 42.6 Å². The van der Waals surface area contributed by atoms with E-state index in [-0.39, 0.29) is 5.78 Å². The average molecular weight is 242 g/mol. The summed E-state index contributed by atoms with van der Waals surface area (Å²) in [6.45, 7) is 0.707. The molecule has 2 aliphatic rings. The van der Waals surface area contributed by atoms with Crippen LogP contribution >= 0.6 is 0 Å². The number of carbonyl (C=O) groups excluding carboxylic acids is 1. The van der Waals surface area contributed by atoms with Crippen molar-refractivity contribution in [1.82, 2.24) is 0 Å². The van der Waals surface area contributed by atoms with Crippen LogP contribution in [0, 0.1) is 0 Å². The first-order chi connectivity index (χ1) is 8.86. The van der Waals surface area contributed by atoms with Crippen LogP contribution in [0.1, 0.15) is 48.0 Å². The third-order valence-corrected chi connectivity index (χ3v) is 3.79. The topological polar surface area (TPSA) is 26.3 Å². The van der Waals surface area contributed by atoms with Gasteiger partial charge >= 0.3 is 0 Å². The van der Waals surface area contributed by atoms with Gasteiger partial charge in [0.25, 0.3) is 0 Å². The molecule has 0 unspecified atom stereocenters. The number of benzene rings is 1. The van der Waals surface area contributed by atoms with Crippen molar-refractivity contribution >= 4 is 5.78 Å². The van der Waals surface area contributed by atoms with E-state index in [1.54, 1.807) is 0 Å². The lowest BCUT2D eigenvalue weighted by atomic mass is 9.97. The third-order valence-electron chi connectivity index (χ3n) is 3.79. The molecule has 1 aliphatic heterocycles. The van der Waals surface area contributed by atoms with Crippen molar-refractivity contribution in [1.29, 1.82) is 0 Å². The van der Waals surface area contributed by atoms with Crippen LogP contribution in [0.2, 0.25) is 0 Å². The Kier molecular flexibility index (Phi) is 3.18. The Morgan fingerprint density at radius 3 is 3.00 bits per heavy atom. The Balaban J connectivity index is 1.93. The zero-order valence-electron chi connectivity index (χ0n) is 10.6. The number of Topliss-reactive ketones (excluding diaryl/α,β-unsaturated/α-hetero) is 1. The molecule has 1 heterocycles. The summed E-state index contributed by atoms with van der Waals surface area (Å²) < 4.78 is 5.62. The molecule has 94 valence electrons. The first-order valence-electron chi connectivity index (χ1n) is 6.84. The van der Waals surface area contributed by atoms with Gasteiger partial charge in [0.15, 0.2) is 5.78 Å². The molecule has 0 saturated heterocycles. The van der Waals surface area contributed by atoms with Gasteiger partial charge in [0.05, 0.1) is 12.2 Å². The molecule has 2 nitrogen and oxygen atoms in total. The summed E-state index contributed by atoms with van der Waals surface area (Å²) in [6, 6.07) is 5.93. The van der Waals surface area contributed by atoms with Crippen molar-refractivity contribution in [2.45, 2.75) is 38.5 Å². The van der Waals surface area contributed by atoms with Crippen molar-refractivity contribution in [3.8, 4) is 5.75 Å². The number of ketones is 1. The van der Waals surface area contributed by atoms with Crippen molar-refractivity contribution in [2.24, 2.45) is 0 Å². The number of hydrogen-bond donors (Lipinski definition) is 0. The summed E-state index contributed by atoms with van der Waals surface area (Å²) >= 11 is 0. The van der Waals surface area contributed by atoms with Gasteiger partial charge in [-0.25, -0.2) is 0 Å². The highest BCUT2D eigenvalue weighted by Crippen LogP contribution is 2.32. The fourth-order valence-corrected chi connectivity index (χ4v) is 2.79. The van der Waals surface area contributed by atoms with Crippen LogP contribution < -0.4 is 4.74 Å². The standard InChI is InChI=1S/C16H18O2/c17-15(12-6-3-1-2-4-7-12)14-9-5-8-13-10-11-18-16(13)14/h5-6,8-9H,1-4,7,10-11H2. The first kappa shape index (κ1) is 11.5. The summed E-state index contributed by atoms with van der Waals surface area (Å²) in [4.78, 5) is 12.6. The van der Waals surface area contributed by atoms with Gasteiger partial charge in [-0.1, -0.05) is 24.6 Å². The number of allylic oxidation sites excluding steroid dienone is 2. The van der Waals surface area contributed by atoms with Crippen molar-refractivity contribution < 1.29 is 9.53 Å². The average Bonchev–Trinajstić information content (AvgIpc) is 2.71. The Labute approximate surface area is 108 Å². The van der Waals surface area contributed by atoms with Gasteiger partial charge in [0.2, 0.25) is 0 Å². The Morgan fingerprint density at radius 2 is 2.06 bits per heavy atom. The predicted octanol–water partition coefficient (Wildman–Crippen LogP) is 3.69. The first-order valence-corrected chi connectivity index (χ1v) is 6.84. The molecular weight excluding hydrogens is 224 g/mol. The number of para-hydroxylation sites is 1. The second-order valence-corrected chi connectivity index (χ2v) is 5.05. The van der Waals surface area contributed by atoms with Crippen LogP contribution in [0.3, 0.4) is 0 Å². The van der Waals surface area contributed by atoms with E-state index in [0.29, 0.717) is 6.61 Å². The van der Waals surface area contributed by atoms with E-state index in [1.165, 1.54) is 18.4 Å². The molecule has 18 heavy (non-hydrogen) atoms. The minimum absolute atomic E-state index is 0.177. The number of rotatable bonds is 2. The van der Waals surface area contributed by atoms with Gasteiger partial charge in [-0.3, -0.25) is 4.79 Å². The summed E-state index contributed by atoms with van der Waals surface area (Å²) in [6.07, 6.45) is 8.59. The highest BCUT2D eigenvalue weighted by molar-refractivity contribution is 6.10. The van der Waals surface area contributed by atoms with Gasteiger partial charge in [-0.05, 0) is 42.9 Å². The maximum atomic E-state index is 12.6. The Morgan fingerprint density at radius 1 is 1.11 bits per heavy atom. The molecular formula is C16H18O2. The summed E-state index contributed by atoms with van der Waals surface area (Å²) in [7, 11) is 0. The van der Waals surface area contributed by atoms with Crippen LogP contribution in [-0.4, -0.2) is 12.4 Å². The SMILES string of the molecule is O=C(C1=CCCCCC1)c1cccc2c1OCC2. The molecule has 0 N–H and O–H groups in total. The summed E-state index contributed by atoms with van der Waals surface area (Å²) in [5, 5.41) is 0. The molecule has 0 radical (unpaired) electrons. The highest BCUT2D eigenvalue weighted by Gasteiger charge is 2.22. The third kappa shape index (κ3) is 2.07. The van der Waals surface area contributed by atoms with Gasteiger partial charge in [-0.15, -0.1) is 0 Å². The minimum Gasteiger partial charge on any atom is -0.492 e. The fourth-order valence-electron chi connectivity index (χ4n) is 2.79. The molecule has 1 aromatic rings. The molecule has 2 heteroatoms. The van der Waals surface area contributed by atoms with Crippen LogP contribution in [0.15, 0.2) is 29.8 Å². The fraction of sp³-hybridized carbons (Fsp3) is 0.438. The molecule has 3 rings (SSSR count). The highest BCUT2D eigenvalue weighted by atomic mass is 16.5. The number of fused-ring (bicyclic) bond motifs is 1. The van der Waals surface area contributed by atoms with E-state index in [1.807, 2.05) is 12.1 Å². The summed E-state index contributed by atoms with van der Waals surface area (Å²) in [5.41, 5.74) is 2.92. The predicted molar refractivity (Wildman–Crippen MR) is 71.1 cm³/mol. The quantitative estimate of drug-likeness (QED) is 0.739. The lowest BCUT2D eigenvalue weighted by molar-refractivity contribution is 0.102. The van der Waals surface area contributed by atoms with Crippen LogP contribution in [0.5, 0.6) is 5.75 Å². The van der Waals surface area contributed by atoms with E-state index < -0.39 is 0 Å². The molecule has 0 bridgehead atoms. The van der Waals surface area contributed by atoms with E-state index in [4.69, 9.17) is 4.74 Å². The number of hydrogen-bond acceptors (Lipinski definition) is 2. The Bertz CT molecular complexity index is 500. The second kappa shape index (κ2) is 4.97. The number of ether oxygens (including phenoxy) is 1.